The van der Waals surface area contributed by atoms with Crippen LogP contribution in [0.15, 0.2) is 72.8 Å². The van der Waals surface area contributed by atoms with E-state index in [-0.39, 0.29) is 173 Å². The van der Waals surface area contributed by atoms with Crippen LogP contribution in [0.3, 0.4) is 0 Å². The Labute approximate surface area is 594 Å². The first-order chi connectivity index (χ1) is 34.9. The van der Waals surface area contributed by atoms with Crippen molar-refractivity contribution in [1.82, 2.24) is 0 Å². The van der Waals surface area contributed by atoms with Crippen molar-refractivity contribution < 1.29 is 236 Å². The summed E-state index contributed by atoms with van der Waals surface area (Å²) in [6.07, 6.45) is 20.1. The van der Waals surface area contributed by atoms with E-state index >= 15 is 0 Å². The molecule has 78 heavy (non-hydrogen) atoms. The molecule has 0 saturated heterocycles. The summed E-state index contributed by atoms with van der Waals surface area (Å²) < 4.78 is 132. The largest absolute Gasteiger partial charge is 1.00 e. The first kappa shape index (κ1) is 85.0. The molecule has 3 rings (SSSR count). The molecule has 0 radical (unpaired) electrons. The van der Waals surface area contributed by atoms with Crippen molar-refractivity contribution in [2.24, 2.45) is 0 Å². The standard InChI is InChI=1S/3C17H29O6PS.3K/c3*1-2-8-15-11-13-16(14-12-15)9-6-4-3-5-7-10-17(24(18,19)20)25(21,22)23;;;/h3*11-14,17H,2-10H2,1H3,(H2,18,19,20)(H,21,22,23);;;/q;;;3*+1/p-3. The van der Waals surface area contributed by atoms with Crippen molar-refractivity contribution in [1.29, 1.82) is 0 Å². The molecule has 3 aromatic rings. The summed E-state index contributed by atoms with van der Waals surface area (Å²) in [5, 5.41) is 0. The fourth-order valence-corrected chi connectivity index (χ4v) is 15.4. The zero-order valence-electron chi connectivity index (χ0n) is 46.9. The molecule has 0 saturated carbocycles. The maximum atomic E-state index is 11.1. The Bertz CT molecular complexity index is 2250. The van der Waals surface area contributed by atoms with Gasteiger partial charge in [0.15, 0.2) is 15.0 Å². The van der Waals surface area contributed by atoms with Crippen LogP contribution in [0.1, 0.15) is 189 Å². The third kappa shape index (κ3) is 41.0. The molecule has 432 valence electrons. The van der Waals surface area contributed by atoms with Crippen molar-refractivity contribution in [2.45, 2.75) is 209 Å². The fourth-order valence-electron chi connectivity index (χ4n) is 8.46. The van der Waals surface area contributed by atoms with Crippen LogP contribution in [-0.2, 0) is 82.6 Å². The normalized spacial score (nSPS) is 13.2. The van der Waals surface area contributed by atoms with Gasteiger partial charge < -0.3 is 43.0 Å². The molecule has 0 aliphatic heterocycles. The summed E-state index contributed by atoms with van der Waals surface area (Å²) in [6.45, 7) is 6.47. The SMILES string of the molecule is CCCc1ccc(CCCCCCCC(P(=O)(O)O)S(=O)(=O)[O-])cc1.CCCc1ccc(CCCCCCCC(P(=O)(O)O)S(=O)(=O)[O-])cc1.CCCc1ccc(CCCCCCCC(P(=O)(O)O)S(=O)(=O)[O-])cc1.[K+].[K+].[K+]. The second-order valence-corrected chi connectivity index (χ2v) is 30.3. The van der Waals surface area contributed by atoms with Crippen LogP contribution in [0.2, 0.25) is 0 Å². The summed E-state index contributed by atoms with van der Waals surface area (Å²) in [6, 6.07) is 25.8. The predicted octanol–water partition coefficient (Wildman–Crippen LogP) is 1.73. The molecule has 27 heteroatoms. The van der Waals surface area contributed by atoms with Crippen LogP contribution < -0.4 is 154 Å². The molecule has 0 amide bonds. The Kier molecular flexibility index (Phi) is 49.1. The summed E-state index contributed by atoms with van der Waals surface area (Å²) in [5.41, 5.74) is 7.91. The van der Waals surface area contributed by atoms with E-state index in [9.17, 15) is 52.6 Å². The molecule has 3 atom stereocenters. The zero-order chi connectivity index (χ0) is 56.8. The zero-order valence-corrected chi connectivity index (χ0v) is 61.4. The van der Waals surface area contributed by atoms with Gasteiger partial charge in [0, 0.05) is 0 Å². The van der Waals surface area contributed by atoms with Crippen LogP contribution in [0.25, 0.3) is 0 Å². The van der Waals surface area contributed by atoms with Gasteiger partial charge in [-0.15, -0.1) is 0 Å². The number of hydrogen-bond acceptors (Lipinski definition) is 12. The molecule has 18 nitrogen and oxygen atoms in total. The quantitative estimate of drug-likeness (QED) is 0.0209. The number of aryl methyl sites for hydroxylation is 6. The van der Waals surface area contributed by atoms with Crippen molar-refractivity contribution >= 4 is 53.1 Å². The molecule has 6 N–H and O–H groups in total. The van der Waals surface area contributed by atoms with Crippen molar-refractivity contribution in [2.75, 3.05) is 0 Å². The van der Waals surface area contributed by atoms with Gasteiger partial charge in [-0.2, -0.15) is 0 Å². The number of hydrogen-bond donors (Lipinski definition) is 6. The van der Waals surface area contributed by atoms with Crippen molar-refractivity contribution in [3.8, 4) is 0 Å². The van der Waals surface area contributed by atoms with Crippen molar-refractivity contribution in [3.63, 3.8) is 0 Å². The van der Waals surface area contributed by atoms with E-state index in [2.05, 4.69) is 93.6 Å². The van der Waals surface area contributed by atoms with Gasteiger partial charge in [0.1, 0.15) is 30.4 Å². The van der Waals surface area contributed by atoms with Gasteiger partial charge in [-0.3, -0.25) is 13.7 Å². The predicted molar refractivity (Wildman–Crippen MR) is 292 cm³/mol. The number of unbranched alkanes of at least 4 members (excludes halogenated alkanes) is 12. The monoisotopic (exact) mass is 1290 g/mol. The molecule has 0 aromatic heterocycles. The first-order valence-corrected chi connectivity index (χ1v) is 35.6. The van der Waals surface area contributed by atoms with Gasteiger partial charge >= 0.3 is 177 Å². The van der Waals surface area contributed by atoms with E-state index < -0.39 is 68.1 Å². The number of rotatable bonds is 36. The molecule has 0 aliphatic carbocycles. The van der Waals surface area contributed by atoms with Crippen LogP contribution in [0.5, 0.6) is 0 Å². The molecule has 0 fully saturated rings. The van der Waals surface area contributed by atoms with E-state index in [1.807, 2.05) is 0 Å². The van der Waals surface area contributed by atoms with Crippen LogP contribution in [0.4, 0.5) is 0 Å². The Morgan fingerprint density at radius 2 is 0.474 bits per heavy atom. The summed E-state index contributed by atoms with van der Waals surface area (Å²) in [7, 11) is -29.7. The third-order valence-corrected chi connectivity index (χ3v) is 23.1. The smallest absolute Gasteiger partial charge is 0.747 e. The van der Waals surface area contributed by atoms with Crippen LogP contribution >= 0.6 is 22.8 Å². The first-order valence-electron chi connectivity index (χ1n) is 26.2. The van der Waals surface area contributed by atoms with E-state index in [1.54, 1.807) is 0 Å². The Balaban J connectivity index is -0.00000106. The second-order valence-electron chi connectivity index (χ2n) is 19.2. The summed E-state index contributed by atoms with van der Waals surface area (Å²) >= 11 is 0. The van der Waals surface area contributed by atoms with Gasteiger partial charge in [0.25, 0.3) is 0 Å². The third-order valence-electron chi connectivity index (χ3n) is 12.6. The Morgan fingerprint density at radius 1 is 0.321 bits per heavy atom. The van der Waals surface area contributed by atoms with E-state index in [0.29, 0.717) is 38.5 Å². The molecule has 3 aromatic carbocycles. The van der Waals surface area contributed by atoms with Gasteiger partial charge in [-0.25, -0.2) is 25.3 Å². The number of benzene rings is 3. The fraction of sp³-hybridized carbons (Fsp3) is 0.647. The Morgan fingerprint density at radius 3 is 0.628 bits per heavy atom. The van der Waals surface area contributed by atoms with Gasteiger partial charge in [0.2, 0.25) is 0 Å². The molecular weight excluding hydrogens is 1210 g/mol. The maximum absolute atomic E-state index is 11.1. The van der Waals surface area contributed by atoms with Crippen LogP contribution in [0, 0.1) is 0 Å². The maximum Gasteiger partial charge on any atom is 1.00 e. The van der Waals surface area contributed by atoms with Gasteiger partial charge in [-0.1, -0.05) is 190 Å². The Hall–Kier alpha value is 2.75. The summed E-state index contributed by atoms with van der Waals surface area (Å²) in [4.78, 5) is 47.5. The molecule has 0 spiro atoms. The molecular formula is C51H84K3O18P3S3. The van der Waals surface area contributed by atoms with Gasteiger partial charge in [0.05, 0.1) is 0 Å². The second kappa shape index (κ2) is 45.1. The van der Waals surface area contributed by atoms with Gasteiger partial charge in [-0.05, 0) is 110 Å². The van der Waals surface area contributed by atoms with Crippen LogP contribution in [-0.4, -0.2) is 83.2 Å². The molecule has 0 aliphatic rings. The molecule has 3 unspecified atom stereocenters. The molecule has 0 heterocycles. The summed E-state index contributed by atoms with van der Waals surface area (Å²) in [5.74, 6) is 0. The minimum absolute atomic E-state index is 0. The minimum atomic E-state index is -4.98. The average Bonchev–Trinajstić information content (AvgIpc) is 3.29. The topological polar surface area (TPSA) is 344 Å². The van der Waals surface area contributed by atoms with Crippen molar-refractivity contribution in [3.05, 3.63) is 106 Å². The van der Waals surface area contributed by atoms with E-state index in [4.69, 9.17) is 29.4 Å². The average molecular weight is 1290 g/mol. The minimum Gasteiger partial charge on any atom is -0.747 e. The van der Waals surface area contributed by atoms with E-state index in [1.165, 1.54) is 33.4 Å². The molecule has 0 bridgehead atoms. The van der Waals surface area contributed by atoms with E-state index in [0.717, 1.165) is 116 Å².